The molecule has 2 heterocycles. The molecular weight excluding hydrogens is 324 g/mol. The zero-order valence-corrected chi connectivity index (χ0v) is 15.5. The fourth-order valence-electron chi connectivity index (χ4n) is 2.98. The Labute approximate surface area is 153 Å². The van der Waals surface area contributed by atoms with Gasteiger partial charge in [0.05, 0.1) is 11.2 Å². The predicted molar refractivity (Wildman–Crippen MR) is 106 cm³/mol. The van der Waals surface area contributed by atoms with E-state index in [4.69, 9.17) is 0 Å². The van der Waals surface area contributed by atoms with E-state index < -0.39 is 0 Å². The predicted octanol–water partition coefficient (Wildman–Crippen LogP) is 4.17. The second-order valence-corrected chi connectivity index (χ2v) is 6.44. The molecule has 134 valence electrons. The molecule has 0 aliphatic heterocycles. The third-order valence-corrected chi connectivity index (χ3v) is 4.35. The Morgan fingerprint density at radius 1 is 1.15 bits per heavy atom. The summed E-state index contributed by atoms with van der Waals surface area (Å²) >= 11 is 0. The number of amides is 2. The van der Waals surface area contributed by atoms with Crippen LogP contribution in [-0.4, -0.2) is 22.5 Å². The lowest BCUT2D eigenvalue weighted by molar-refractivity contribution is 0.252. The molecule has 0 saturated heterocycles. The molecule has 2 aromatic heterocycles. The van der Waals surface area contributed by atoms with Gasteiger partial charge in [0, 0.05) is 35.9 Å². The number of carbonyl (C=O) groups is 1. The minimum Gasteiger partial charge on any atom is -0.337 e. The average molecular weight is 348 g/mol. The van der Waals surface area contributed by atoms with Gasteiger partial charge in [0.1, 0.15) is 0 Å². The number of aryl methyl sites for hydroxylation is 3. The van der Waals surface area contributed by atoms with Gasteiger partial charge in [-0.25, -0.2) is 4.79 Å². The summed E-state index contributed by atoms with van der Waals surface area (Å²) in [5.41, 5.74) is 5.95. The first-order chi connectivity index (χ1) is 12.6. The highest BCUT2D eigenvalue weighted by Crippen LogP contribution is 2.23. The maximum absolute atomic E-state index is 12.3. The number of benzene rings is 1. The molecule has 0 atom stereocenters. The molecule has 3 rings (SSSR count). The van der Waals surface area contributed by atoms with Gasteiger partial charge in [-0.2, -0.15) is 0 Å². The van der Waals surface area contributed by atoms with E-state index >= 15 is 0 Å². The van der Waals surface area contributed by atoms with Crippen LogP contribution in [0.15, 0.2) is 42.6 Å². The maximum atomic E-state index is 12.3. The van der Waals surface area contributed by atoms with Gasteiger partial charge in [0.15, 0.2) is 0 Å². The maximum Gasteiger partial charge on any atom is 0.319 e. The summed E-state index contributed by atoms with van der Waals surface area (Å²) in [6.45, 7) is 6.66. The van der Waals surface area contributed by atoms with E-state index in [9.17, 15) is 4.79 Å². The quantitative estimate of drug-likeness (QED) is 0.727. The van der Waals surface area contributed by atoms with Crippen molar-refractivity contribution in [2.24, 2.45) is 0 Å². The Balaban J connectivity index is 1.65. The van der Waals surface area contributed by atoms with E-state index in [-0.39, 0.29) is 6.03 Å². The van der Waals surface area contributed by atoms with Crippen molar-refractivity contribution in [3.05, 3.63) is 65.1 Å². The third kappa shape index (κ3) is 4.17. The molecule has 5 heteroatoms. The summed E-state index contributed by atoms with van der Waals surface area (Å²) in [7, 11) is 0. The van der Waals surface area contributed by atoms with Crippen LogP contribution in [0.1, 0.15) is 29.4 Å². The molecule has 0 aliphatic rings. The second-order valence-electron chi connectivity index (χ2n) is 6.44. The van der Waals surface area contributed by atoms with Gasteiger partial charge < -0.3 is 10.6 Å². The lowest BCUT2D eigenvalue weighted by atomic mass is 10.1. The van der Waals surface area contributed by atoms with E-state index in [1.165, 1.54) is 0 Å². The number of hydrogen-bond acceptors (Lipinski definition) is 3. The molecule has 0 saturated carbocycles. The molecule has 0 aliphatic carbocycles. The Kier molecular flexibility index (Phi) is 5.46. The van der Waals surface area contributed by atoms with E-state index in [1.807, 2.05) is 50.4 Å². The molecular formula is C21H24N4O. The molecule has 2 N–H and O–H groups in total. The molecule has 0 spiro atoms. The number of urea groups is 1. The van der Waals surface area contributed by atoms with Gasteiger partial charge in [-0.3, -0.25) is 9.97 Å². The van der Waals surface area contributed by atoms with Crippen LogP contribution in [0.5, 0.6) is 0 Å². The lowest BCUT2D eigenvalue weighted by Crippen LogP contribution is -2.30. The van der Waals surface area contributed by atoms with Gasteiger partial charge in [-0.15, -0.1) is 0 Å². The summed E-state index contributed by atoms with van der Waals surface area (Å²) in [5.74, 6) is 0. The van der Waals surface area contributed by atoms with Crippen molar-refractivity contribution in [3.63, 3.8) is 0 Å². The molecule has 0 fully saturated rings. The SMILES string of the molecule is CCc1cc(NC(=O)NCCc2ncc(C)cc2C)c2ccccc2n1. The smallest absolute Gasteiger partial charge is 0.319 e. The van der Waals surface area contributed by atoms with Gasteiger partial charge in [0.25, 0.3) is 0 Å². The number of hydrogen-bond donors (Lipinski definition) is 2. The van der Waals surface area contributed by atoms with Crippen molar-refractivity contribution in [1.82, 2.24) is 15.3 Å². The molecule has 0 radical (unpaired) electrons. The van der Waals surface area contributed by atoms with Crippen LogP contribution in [0.3, 0.4) is 0 Å². The van der Waals surface area contributed by atoms with Crippen molar-refractivity contribution >= 4 is 22.6 Å². The number of fused-ring (bicyclic) bond motifs is 1. The van der Waals surface area contributed by atoms with Crippen LogP contribution in [0, 0.1) is 13.8 Å². The van der Waals surface area contributed by atoms with Gasteiger partial charge in [-0.1, -0.05) is 31.2 Å². The minimum atomic E-state index is -0.215. The number of nitrogens with one attached hydrogen (secondary N) is 2. The monoisotopic (exact) mass is 348 g/mol. The topological polar surface area (TPSA) is 66.9 Å². The van der Waals surface area contributed by atoms with E-state index in [2.05, 4.69) is 33.6 Å². The van der Waals surface area contributed by atoms with Crippen molar-refractivity contribution in [3.8, 4) is 0 Å². The van der Waals surface area contributed by atoms with Crippen LogP contribution >= 0.6 is 0 Å². The Morgan fingerprint density at radius 2 is 1.96 bits per heavy atom. The summed E-state index contributed by atoms with van der Waals surface area (Å²) in [6, 6.07) is 11.7. The zero-order chi connectivity index (χ0) is 18.5. The number of nitrogens with zero attached hydrogens (tertiary/aromatic N) is 2. The molecule has 0 unspecified atom stereocenters. The van der Waals surface area contributed by atoms with Crippen LogP contribution in [0.25, 0.3) is 10.9 Å². The van der Waals surface area contributed by atoms with Crippen LogP contribution < -0.4 is 10.6 Å². The molecule has 26 heavy (non-hydrogen) atoms. The van der Waals surface area contributed by atoms with Gasteiger partial charge in [0.2, 0.25) is 0 Å². The number of anilines is 1. The first-order valence-electron chi connectivity index (χ1n) is 8.92. The molecule has 5 nitrogen and oxygen atoms in total. The Hall–Kier alpha value is -2.95. The largest absolute Gasteiger partial charge is 0.337 e. The zero-order valence-electron chi connectivity index (χ0n) is 15.5. The third-order valence-electron chi connectivity index (χ3n) is 4.35. The highest BCUT2D eigenvalue weighted by molar-refractivity contribution is 6.00. The number of aromatic nitrogens is 2. The molecule has 2 amide bonds. The van der Waals surface area contributed by atoms with E-state index in [1.54, 1.807) is 0 Å². The molecule has 3 aromatic rings. The summed E-state index contributed by atoms with van der Waals surface area (Å²) in [5, 5.41) is 6.81. The molecule has 0 bridgehead atoms. The Morgan fingerprint density at radius 3 is 2.73 bits per heavy atom. The van der Waals surface area contributed by atoms with Crippen LogP contribution in [0.4, 0.5) is 10.5 Å². The average Bonchev–Trinajstić information content (AvgIpc) is 2.63. The van der Waals surface area contributed by atoms with Gasteiger partial charge >= 0.3 is 6.03 Å². The number of carbonyl (C=O) groups excluding carboxylic acids is 1. The van der Waals surface area contributed by atoms with Crippen molar-refractivity contribution < 1.29 is 4.79 Å². The van der Waals surface area contributed by atoms with Gasteiger partial charge in [-0.05, 0) is 43.5 Å². The fraction of sp³-hybridized carbons (Fsp3) is 0.286. The van der Waals surface area contributed by atoms with Crippen LogP contribution in [0.2, 0.25) is 0 Å². The van der Waals surface area contributed by atoms with Crippen molar-refractivity contribution in [2.45, 2.75) is 33.6 Å². The fourth-order valence-corrected chi connectivity index (χ4v) is 2.98. The van der Waals surface area contributed by atoms with Crippen LogP contribution in [-0.2, 0) is 12.8 Å². The number of para-hydroxylation sites is 1. The highest BCUT2D eigenvalue weighted by atomic mass is 16.2. The lowest BCUT2D eigenvalue weighted by Gasteiger charge is -2.12. The summed E-state index contributed by atoms with van der Waals surface area (Å²) in [4.78, 5) is 21.4. The number of pyridine rings is 2. The standard InChI is InChI=1S/C21H24N4O/c1-4-16-12-20(17-7-5-6-8-19(17)24-16)25-21(26)22-10-9-18-15(3)11-14(2)13-23-18/h5-8,11-13H,4,9-10H2,1-3H3,(H2,22,24,25,26). The normalized spacial score (nSPS) is 10.7. The number of rotatable bonds is 5. The first kappa shape index (κ1) is 17.9. The van der Waals surface area contributed by atoms with Crippen molar-refractivity contribution in [2.75, 3.05) is 11.9 Å². The highest BCUT2D eigenvalue weighted by Gasteiger charge is 2.08. The summed E-state index contributed by atoms with van der Waals surface area (Å²) in [6.07, 6.45) is 3.38. The summed E-state index contributed by atoms with van der Waals surface area (Å²) < 4.78 is 0. The second kappa shape index (κ2) is 7.95. The Bertz CT molecular complexity index is 936. The van der Waals surface area contributed by atoms with Crippen molar-refractivity contribution in [1.29, 1.82) is 0 Å². The molecule has 1 aromatic carbocycles. The minimum absolute atomic E-state index is 0.215. The first-order valence-corrected chi connectivity index (χ1v) is 8.92. The van der Waals surface area contributed by atoms with E-state index in [0.717, 1.165) is 45.5 Å². The van der Waals surface area contributed by atoms with E-state index in [0.29, 0.717) is 13.0 Å².